The van der Waals surface area contributed by atoms with Gasteiger partial charge in [-0.05, 0) is 28.1 Å². The van der Waals surface area contributed by atoms with Gasteiger partial charge in [-0.2, -0.15) is 5.10 Å². The number of carboxylic acids is 1. The van der Waals surface area contributed by atoms with Crippen molar-refractivity contribution >= 4 is 33.5 Å². The zero-order valence-corrected chi connectivity index (χ0v) is 11.5. The molecule has 2 rings (SSSR count). The normalized spacial score (nSPS) is 10.2. The van der Waals surface area contributed by atoms with Gasteiger partial charge in [-0.3, -0.25) is 9.48 Å². The Kier molecular flexibility index (Phi) is 3.66. The molecule has 0 aliphatic carbocycles. The molecule has 19 heavy (non-hydrogen) atoms. The molecule has 0 atom stereocenters. The highest BCUT2D eigenvalue weighted by atomic mass is 79.9. The number of anilines is 1. The van der Waals surface area contributed by atoms with Crippen molar-refractivity contribution in [3.05, 3.63) is 46.2 Å². The molecule has 1 heterocycles. The molecule has 0 aliphatic heterocycles. The van der Waals surface area contributed by atoms with Gasteiger partial charge in [0.1, 0.15) is 4.60 Å². The molecule has 0 spiro atoms. The first kappa shape index (κ1) is 13.3. The number of aryl methyl sites for hydroxylation is 1. The minimum absolute atomic E-state index is 0.0378. The second-order valence-corrected chi connectivity index (χ2v) is 4.56. The van der Waals surface area contributed by atoms with E-state index in [-0.39, 0.29) is 11.3 Å². The number of aromatic carboxylic acids is 1. The van der Waals surface area contributed by atoms with Crippen LogP contribution >= 0.6 is 15.9 Å². The van der Waals surface area contributed by atoms with Crippen molar-refractivity contribution in [3.8, 4) is 0 Å². The summed E-state index contributed by atoms with van der Waals surface area (Å²) in [6.45, 7) is 0. The number of nitrogens with one attached hydrogen (secondary N) is 1. The first-order valence-corrected chi connectivity index (χ1v) is 6.11. The molecule has 0 saturated heterocycles. The Morgan fingerprint density at radius 2 is 2.00 bits per heavy atom. The number of para-hydroxylation sites is 1. The lowest BCUT2D eigenvalue weighted by Crippen LogP contribution is -2.14. The van der Waals surface area contributed by atoms with E-state index >= 15 is 0 Å². The lowest BCUT2D eigenvalue weighted by Gasteiger charge is -2.07. The van der Waals surface area contributed by atoms with Gasteiger partial charge in [0.05, 0.1) is 16.8 Å². The molecule has 1 amide bonds. The third kappa shape index (κ3) is 2.82. The number of carbonyl (C=O) groups excluding carboxylic acids is 1. The predicted molar refractivity (Wildman–Crippen MR) is 72.3 cm³/mol. The fourth-order valence-corrected chi connectivity index (χ4v) is 2.11. The smallest absolute Gasteiger partial charge is 0.337 e. The first-order chi connectivity index (χ1) is 8.99. The third-order valence-electron chi connectivity index (χ3n) is 2.43. The maximum Gasteiger partial charge on any atom is 0.337 e. The van der Waals surface area contributed by atoms with E-state index < -0.39 is 11.9 Å². The number of carbonyl (C=O) groups is 2. The van der Waals surface area contributed by atoms with Gasteiger partial charge < -0.3 is 10.4 Å². The third-order valence-corrected chi connectivity index (χ3v) is 3.02. The molecule has 0 fully saturated rings. The van der Waals surface area contributed by atoms with Gasteiger partial charge in [0, 0.05) is 13.2 Å². The van der Waals surface area contributed by atoms with Crippen molar-refractivity contribution in [2.75, 3.05) is 5.32 Å². The van der Waals surface area contributed by atoms with Crippen molar-refractivity contribution in [3.63, 3.8) is 0 Å². The van der Waals surface area contributed by atoms with Crippen LogP contribution in [0, 0.1) is 0 Å². The monoisotopic (exact) mass is 323 g/mol. The summed E-state index contributed by atoms with van der Waals surface area (Å²) in [7, 11) is 1.69. The van der Waals surface area contributed by atoms with Crippen LogP contribution in [-0.4, -0.2) is 26.8 Å². The van der Waals surface area contributed by atoms with Crippen molar-refractivity contribution < 1.29 is 14.7 Å². The first-order valence-electron chi connectivity index (χ1n) is 5.32. The SMILES string of the molecule is Cn1cc(C(=O)Nc2ccccc2C(=O)O)c(Br)n1. The number of amides is 1. The van der Waals surface area contributed by atoms with Crippen LogP contribution in [0.4, 0.5) is 5.69 Å². The number of halogens is 1. The zero-order chi connectivity index (χ0) is 14.0. The molecule has 0 saturated carbocycles. The Hall–Kier alpha value is -2.15. The van der Waals surface area contributed by atoms with E-state index in [0.717, 1.165) is 0 Å². The molecule has 1 aromatic heterocycles. The van der Waals surface area contributed by atoms with Crippen LogP contribution in [0.15, 0.2) is 35.1 Å². The summed E-state index contributed by atoms with van der Waals surface area (Å²) in [5.41, 5.74) is 0.620. The van der Waals surface area contributed by atoms with Gasteiger partial charge in [0.2, 0.25) is 0 Å². The standard InChI is InChI=1S/C12H10BrN3O3/c1-16-6-8(10(13)15-16)11(17)14-9-5-3-2-4-7(9)12(18)19/h2-6H,1H3,(H,14,17)(H,18,19). The van der Waals surface area contributed by atoms with Crippen LogP contribution in [0.1, 0.15) is 20.7 Å². The molecule has 2 aromatic rings. The fraction of sp³-hybridized carbons (Fsp3) is 0.0833. The Labute approximate surface area is 117 Å². The molecular weight excluding hydrogens is 314 g/mol. The minimum atomic E-state index is -1.10. The maximum atomic E-state index is 12.0. The molecule has 6 nitrogen and oxygen atoms in total. The molecular formula is C12H10BrN3O3. The molecule has 98 valence electrons. The highest BCUT2D eigenvalue weighted by molar-refractivity contribution is 9.10. The van der Waals surface area contributed by atoms with E-state index in [4.69, 9.17) is 5.11 Å². The minimum Gasteiger partial charge on any atom is -0.478 e. The van der Waals surface area contributed by atoms with Crippen LogP contribution in [0.2, 0.25) is 0 Å². The quantitative estimate of drug-likeness (QED) is 0.906. The number of carboxylic acid groups (broad SMARTS) is 1. The fourth-order valence-electron chi connectivity index (χ4n) is 1.58. The summed E-state index contributed by atoms with van der Waals surface area (Å²) >= 11 is 3.17. The average Bonchev–Trinajstić information content (AvgIpc) is 2.69. The summed E-state index contributed by atoms with van der Waals surface area (Å²) in [4.78, 5) is 23.1. The van der Waals surface area contributed by atoms with Crippen LogP contribution in [0.5, 0.6) is 0 Å². The van der Waals surface area contributed by atoms with Gasteiger partial charge in [0.15, 0.2) is 0 Å². The summed E-state index contributed by atoms with van der Waals surface area (Å²) < 4.78 is 1.89. The Morgan fingerprint density at radius 3 is 2.58 bits per heavy atom. The van der Waals surface area contributed by atoms with Gasteiger partial charge in [-0.1, -0.05) is 12.1 Å². The summed E-state index contributed by atoms with van der Waals surface area (Å²) in [5, 5.41) is 15.6. The second-order valence-electron chi connectivity index (χ2n) is 3.81. The largest absolute Gasteiger partial charge is 0.478 e. The summed E-state index contributed by atoms with van der Waals surface area (Å²) in [6.07, 6.45) is 1.54. The zero-order valence-electron chi connectivity index (χ0n) is 9.92. The lowest BCUT2D eigenvalue weighted by atomic mass is 10.1. The van der Waals surface area contributed by atoms with E-state index in [1.165, 1.54) is 16.8 Å². The van der Waals surface area contributed by atoms with Crippen molar-refractivity contribution in [1.82, 2.24) is 9.78 Å². The number of nitrogens with zero attached hydrogens (tertiary/aromatic N) is 2. The maximum absolute atomic E-state index is 12.0. The number of rotatable bonds is 3. The molecule has 2 N–H and O–H groups in total. The molecule has 7 heteroatoms. The number of aromatic nitrogens is 2. The molecule has 0 radical (unpaired) electrons. The Morgan fingerprint density at radius 1 is 1.32 bits per heavy atom. The van der Waals surface area contributed by atoms with Gasteiger partial charge in [-0.15, -0.1) is 0 Å². The lowest BCUT2D eigenvalue weighted by molar-refractivity contribution is 0.0698. The summed E-state index contributed by atoms with van der Waals surface area (Å²) in [5.74, 6) is -1.52. The number of hydrogen-bond acceptors (Lipinski definition) is 3. The Balaban J connectivity index is 2.29. The topological polar surface area (TPSA) is 84.2 Å². The van der Waals surface area contributed by atoms with E-state index in [0.29, 0.717) is 10.2 Å². The van der Waals surface area contributed by atoms with E-state index in [2.05, 4.69) is 26.3 Å². The van der Waals surface area contributed by atoms with Crippen LogP contribution in [0.3, 0.4) is 0 Å². The predicted octanol–water partition coefficient (Wildman–Crippen LogP) is 2.13. The van der Waals surface area contributed by atoms with Crippen LogP contribution in [-0.2, 0) is 7.05 Å². The number of benzene rings is 1. The summed E-state index contributed by atoms with van der Waals surface area (Å²) in [6, 6.07) is 6.21. The van der Waals surface area contributed by atoms with Crippen molar-refractivity contribution in [2.45, 2.75) is 0 Å². The molecule has 0 aliphatic rings. The van der Waals surface area contributed by atoms with Crippen molar-refractivity contribution in [2.24, 2.45) is 7.05 Å². The molecule has 0 bridgehead atoms. The van der Waals surface area contributed by atoms with Gasteiger partial charge in [-0.25, -0.2) is 4.79 Å². The molecule has 0 unspecified atom stereocenters. The van der Waals surface area contributed by atoms with Gasteiger partial charge >= 0.3 is 5.97 Å². The average molecular weight is 324 g/mol. The Bertz CT molecular complexity index is 651. The highest BCUT2D eigenvalue weighted by Gasteiger charge is 2.16. The van der Waals surface area contributed by atoms with Crippen LogP contribution < -0.4 is 5.32 Å². The van der Waals surface area contributed by atoms with E-state index in [1.807, 2.05) is 0 Å². The van der Waals surface area contributed by atoms with E-state index in [9.17, 15) is 9.59 Å². The second kappa shape index (κ2) is 5.23. The number of hydrogen-bond donors (Lipinski definition) is 2. The van der Waals surface area contributed by atoms with Crippen LogP contribution in [0.25, 0.3) is 0 Å². The van der Waals surface area contributed by atoms with Gasteiger partial charge in [0.25, 0.3) is 5.91 Å². The molecule has 1 aromatic carbocycles. The van der Waals surface area contributed by atoms with E-state index in [1.54, 1.807) is 25.4 Å². The highest BCUT2D eigenvalue weighted by Crippen LogP contribution is 2.19. The van der Waals surface area contributed by atoms with Crippen molar-refractivity contribution in [1.29, 1.82) is 0 Å².